The van der Waals surface area contributed by atoms with Crippen molar-refractivity contribution in [2.45, 2.75) is 70.6 Å². The van der Waals surface area contributed by atoms with E-state index >= 15 is 0 Å². The lowest BCUT2D eigenvalue weighted by Gasteiger charge is -2.49. The fourth-order valence-electron chi connectivity index (χ4n) is 10.4. The number of hydrogen-bond donors (Lipinski definition) is 0. The lowest BCUT2D eigenvalue weighted by Crippen LogP contribution is -2.40. The molecule has 1 nitrogen and oxygen atoms in total. The quantitative estimate of drug-likeness (QED) is 0.164. The van der Waals surface area contributed by atoms with E-state index in [1.54, 1.807) is 5.56 Å². The summed E-state index contributed by atoms with van der Waals surface area (Å²) >= 11 is 0. The molecule has 2 bridgehead atoms. The molecule has 2 fully saturated rings. The second-order valence-electron chi connectivity index (χ2n) is 16.0. The largest absolute Gasteiger partial charge is 0.310 e. The van der Waals surface area contributed by atoms with Crippen molar-refractivity contribution in [3.63, 3.8) is 0 Å². The summed E-state index contributed by atoms with van der Waals surface area (Å²) in [6, 6.07) is 54.6. The van der Waals surface area contributed by atoms with Crippen molar-refractivity contribution in [1.29, 1.82) is 0 Å². The van der Waals surface area contributed by atoms with Crippen LogP contribution in [0.5, 0.6) is 0 Å². The molecule has 6 aromatic rings. The van der Waals surface area contributed by atoms with Crippen molar-refractivity contribution < 1.29 is 0 Å². The van der Waals surface area contributed by atoms with E-state index in [0.29, 0.717) is 11.3 Å². The van der Waals surface area contributed by atoms with Gasteiger partial charge < -0.3 is 4.90 Å². The number of benzene rings is 6. The zero-order valence-electron chi connectivity index (χ0n) is 30.4. The van der Waals surface area contributed by atoms with Gasteiger partial charge in [0.05, 0.1) is 0 Å². The van der Waals surface area contributed by atoms with Crippen LogP contribution in [0.25, 0.3) is 33.4 Å². The van der Waals surface area contributed by atoms with E-state index in [0.717, 1.165) is 17.8 Å². The monoisotopic (exact) mass is 663 g/mol. The summed E-state index contributed by atoms with van der Waals surface area (Å²) < 4.78 is 0. The lowest BCUT2D eigenvalue weighted by atomic mass is 9.56. The Bertz CT molecular complexity index is 2120. The average molecular weight is 664 g/mol. The van der Waals surface area contributed by atoms with Crippen LogP contribution in [-0.2, 0) is 5.41 Å². The maximum absolute atomic E-state index is 2.48. The molecule has 0 spiro atoms. The fraction of sp³-hybridized carbons (Fsp3) is 0.280. The molecule has 3 atom stereocenters. The van der Waals surface area contributed by atoms with Gasteiger partial charge in [0.25, 0.3) is 0 Å². The normalized spacial score (nSPS) is 23.4. The Balaban J connectivity index is 1.07. The summed E-state index contributed by atoms with van der Waals surface area (Å²) in [5, 5.41) is 0. The second-order valence-corrected chi connectivity index (χ2v) is 16.0. The first-order valence-corrected chi connectivity index (χ1v) is 19.4. The molecular weight excluding hydrogens is 615 g/mol. The Morgan fingerprint density at radius 1 is 0.510 bits per heavy atom. The number of anilines is 3. The van der Waals surface area contributed by atoms with E-state index in [4.69, 9.17) is 0 Å². The summed E-state index contributed by atoms with van der Waals surface area (Å²) in [7, 11) is 0. The molecule has 51 heavy (non-hydrogen) atoms. The standard InChI is InChI=1S/C50H49N/c1-4-50(32-36-28-34(2)29-37(30-36)33-50)42-20-24-44(25-21-42)51(45-26-27-48-47-13-9-8-12-46(47)35(3)49(48)31-45)43-22-18-41(19-23-43)40-16-14-39(15-17-40)38-10-6-5-7-11-38/h5-27,31,34-37H,4,28-30,32-33H2,1-3H3. The SMILES string of the molecule is CCC1(c2ccc(N(c3ccc(-c4ccc(-c5ccccc5)cc4)cc3)c3ccc4c(c3)C(C)c3ccccc3-4)cc2)CC2CC(C)CC(C2)C1. The van der Waals surface area contributed by atoms with Crippen LogP contribution in [-0.4, -0.2) is 0 Å². The lowest BCUT2D eigenvalue weighted by molar-refractivity contribution is 0.0788. The van der Waals surface area contributed by atoms with Gasteiger partial charge in [-0.15, -0.1) is 0 Å². The Labute approximate surface area is 305 Å². The predicted octanol–water partition coefficient (Wildman–Crippen LogP) is 14.1. The number of hydrogen-bond acceptors (Lipinski definition) is 1. The third-order valence-corrected chi connectivity index (χ3v) is 12.8. The zero-order valence-corrected chi connectivity index (χ0v) is 30.4. The summed E-state index contributed by atoms with van der Waals surface area (Å²) in [5.74, 6) is 3.03. The van der Waals surface area contributed by atoms with Gasteiger partial charge in [-0.05, 0) is 148 Å². The van der Waals surface area contributed by atoms with Crippen LogP contribution in [0.3, 0.4) is 0 Å². The molecule has 0 aliphatic heterocycles. The topological polar surface area (TPSA) is 3.24 Å². The highest BCUT2D eigenvalue weighted by atomic mass is 15.1. The Morgan fingerprint density at radius 3 is 1.65 bits per heavy atom. The molecule has 0 aromatic heterocycles. The van der Waals surface area contributed by atoms with Gasteiger partial charge in [-0.1, -0.05) is 130 Å². The Morgan fingerprint density at radius 2 is 1.02 bits per heavy atom. The molecule has 0 N–H and O–H groups in total. The highest BCUT2D eigenvalue weighted by Gasteiger charge is 2.43. The molecule has 0 radical (unpaired) electrons. The zero-order chi connectivity index (χ0) is 34.5. The number of fused-ring (bicyclic) bond motifs is 5. The maximum atomic E-state index is 2.48. The van der Waals surface area contributed by atoms with Gasteiger partial charge in [0.2, 0.25) is 0 Å². The molecule has 0 saturated heterocycles. The number of rotatable bonds is 7. The summed E-state index contributed by atoms with van der Waals surface area (Å²) in [4.78, 5) is 2.47. The first-order chi connectivity index (χ1) is 25.0. The Kier molecular flexibility index (Phi) is 8.19. The third kappa shape index (κ3) is 5.81. The van der Waals surface area contributed by atoms with Gasteiger partial charge in [0.15, 0.2) is 0 Å². The molecule has 0 amide bonds. The van der Waals surface area contributed by atoms with Crippen LogP contribution < -0.4 is 4.90 Å². The van der Waals surface area contributed by atoms with Gasteiger partial charge in [-0.25, -0.2) is 0 Å². The van der Waals surface area contributed by atoms with Gasteiger partial charge in [0.1, 0.15) is 0 Å². The molecule has 2 saturated carbocycles. The van der Waals surface area contributed by atoms with Crippen LogP contribution in [0.2, 0.25) is 0 Å². The van der Waals surface area contributed by atoms with E-state index in [9.17, 15) is 0 Å². The van der Waals surface area contributed by atoms with Crippen molar-refractivity contribution in [3.8, 4) is 33.4 Å². The minimum Gasteiger partial charge on any atom is -0.310 e. The Hall–Kier alpha value is -4.88. The van der Waals surface area contributed by atoms with E-state index < -0.39 is 0 Å². The number of nitrogens with zero attached hydrogens (tertiary/aromatic N) is 1. The van der Waals surface area contributed by atoms with Crippen LogP contribution >= 0.6 is 0 Å². The molecule has 3 unspecified atom stereocenters. The van der Waals surface area contributed by atoms with Gasteiger partial charge >= 0.3 is 0 Å². The minimum absolute atomic E-state index is 0.309. The molecule has 6 aromatic carbocycles. The summed E-state index contributed by atoms with van der Waals surface area (Å²) in [6.45, 7) is 7.27. The van der Waals surface area contributed by atoms with E-state index in [1.165, 1.54) is 100 Å². The van der Waals surface area contributed by atoms with E-state index in [2.05, 4.69) is 171 Å². The molecule has 0 heterocycles. The third-order valence-electron chi connectivity index (χ3n) is 12.8. The molecular formula is C50H49N. The van der Waals surface area contributed by atoms with E-state index in [-0.39, 0.29) is 0 Å². The van der Waals surface area contributed by atoms with E-state index in [1.807, 2.05) is 0 Å². The van der Waals surface area contributed by atoms with Crippen molar-refractivity contribution in [2.75, 3.05) is 4.90 Å². The molecule has 3 aliphatic rings. The molecule has 3 aliphatic carbocycles. The predicted molar refractivity (Wildman–Crippen MR) is 216 cm³/mol. The molecule has 9 rings (SSSR count). The average Bonchev–Trinajstić information content (AvgIpc) is 3.46. The van der Waals surface area contributed by atoms with Gasteiger partial charge in [0, 0.05) is 23.0 Å². The summed E-state index contributed by atoms with van der Waals surface area (Å²) in [6.07, 6.45) is 8.21. The first-order valence-electron chi connectivity index (χ1n) is 19.4. The minimum atomic E-state index is 0.309. The van der Waals surface area contributed by atoms with Crippen LogP contribution in [0.15, 0.2) is 146 Å². The summed E-state index contributed by atoms with van der Waals surface area (Å²) in [5.41, 5.74) is 16.0. The van der Waals surface area contributed by atoms with Gasteiger partial charge in [-0.2, -0.15) is 0 Å². The van der Waals surface area contributed by atoms with Crippen molar-refractivity contribution in [3.05, 3.63) is 162 Å². The fourth-order valence-corrected chi connectivity index (χ4v) is 10.4. The van der Waals surface area contributed by atoms with Crippen LogP contribution in [0, 0.1) is 17.8 Å². The molecule has 254 valence electrons. The van der Waals surface area contributed by atoms with Crippen molar-refractivity contribution in [1.82, 2.24) is 0 Å². The first kappa shape index (κ1) is 32.1. The van der Waals surface area contributed by atoms with Crippen LogP contribution in [0.1, 0.15) is 81.9 Å². The smallest absolute Gasteiger partial charge is 0.0465 e. The van der Waals surface area contributed by atoms with Crippen molar-refractivity contribution >= 4 is 17.1 Å². The highest BCUT2D eigenvalue weighted by Crippen LogP contribution is 2.53. The van der Waals surface area contributed by atoms with Gasteiger partial charge in [-0.3, -0.25) is 0 Å². The van der Waals surface area contributed by atoms with Crippen molar-refractivity contribution in [2.24, 2.45) is 17.8 Å². The van der Waals surface area contributed by atoms with Crippen LogP contribution in [0.4, 0.5) is 17.1 Å². The highest BCUT2D eigenvalue weighted by molar-refractivity contribution is 5.85. The second kappa shape index (κ2) is 13.0. The maximum Gasteiger partial charge on any atom is 0.0465 e. The molecule has 1 heteroatoms.